The first-order chi connectivity index (χ1) is 8.13. The molecule has 17 heavy (non-hydrogen) atoms. The fraction of sp³-hybridized carbons (Fsp3) is 0.462. The van der Waals surface area contributed by atoms with Crippen LogP contribution in [0, 0.1) is 11.8 Å². The zero-order chi connectivity index (χ0) is 12.4. The lowest BCUT2D eigenvalue weighted by atomic mass is 9.85. The van der Waals surface area contributed by atoms with Crippen molar-refractivity contribution in [3.8, 4) is 0 Å². The van der Waals surface area contributed by atoms with E-state index < -0.39 is 0 Å². The Hall–Kier alpha value is -1.39. The van der Waals surface area contributed by atoms with Crippen LogP contribution in [0.5, 0.6) is 0 Å². The lowest BCUT2D eigenvalue weighted by Crippen LogP contribution is -2.28. The number of aliphatic hydroxyl groups is 1. The van der Waals surface area contributed by atoms with Gasteiger partial charge in [-0.25, -0.2) is 4.98 Å². The lowest BCUT2D eigenvalue weighted by molar-refractivity contribution is 0.166. The van der Waals surface area contributed by atoms with Crippen molar-refractivity contribution < 1.29 is 9.52 Å². The molecule has 2 unspecified atom stereocenters. The van der Waals surface area contributed by atoms with Crippen molar-refractivity contribution >= 4 is 11.1 Å². The molecule has 1 heterocycles. The molecule has 0 amide bonds. The molecule has 0 bridgehead atoms. The zero-order valence-corrected chi connectivity index (χ0v) is 10.1. The highest BCUT2D eigenvalue weighted by molar-refractivity contribution is 5.72. The molecule has 0 saturated heterocycles. The standard InChI is InChI=1S/C13H18N2O2/c1-8(2)10(6-16)13(14)9-3-4-11-12(5-9)17-7-15-11/h3-5,7-8,10,13,16H,6,14H2,1-2H3. The molecule has 2 atom stereocenters. The maximum Gasteiger partial charge on any atom is 0.181 e. The number of aromatic nitrogens is 1. The first kappa shape index (κ1) is 12.1. The predicted molar refractivity (Wildman–Crippen MR) is 66.4 cm³/mol. The van der Waals surface area contributed by atoms with Gasteiger partial charge in [0.2, 0.25) is 0 Å². The van der Waals surface area contributed by atoms with E-state index in [1.807, 2.05) is 18.2 Å². The quantitative estimate of drug-likeness (QED) is 0.849. The minimum absolute atomic E-state index is 0.0513. The van der Waals surface area contributed by atoms with Gasteiger partial charge in [0.05, 0.1) is 0 Å². The van der Waals surface area contributed by atoms with Crippen LogP contribution >= 0.6 is 0 Å². The third-order valence-electron chi connectivity index (χ3n) is 3.27. The van der Waals surface area contributed by atoms with E-state index in [-0.39, 0.29) is 18.6 Å². The molecule has 0 aliphatic heterocycles. The highest BCUT2D eigenvalue weighted by atomic mass is 16.3. The summed E-state index contributed by atoms with van der Waals surface area (Å²) in [4.78, 5) is 4.06. The Labute approximate surface area is 100 Å². The number of aliphatic hydroxyl groups excluding tert-OH is 1. The predicted octanol–water partition coefficient (Wildman–Crippen LogP) is 2.09. The first-order valence-corrected chi connectivity index (χ1v) is 5.83. The van der Waals surface area contributed by atoms with Gasteiger partial charge in [0.25, 0.3) is 0 Å². The van der Waals surface area contributed by atoms with Crippen molar-refractivity contribution in [1.29, 1.82) is 0 Å². The van der Waals surface area contributed by atoms with Gasteiger partial charge in [-0.3, -0.25) is 0 Å². The Balaban J connectivity index is 2.31. The summed E-state index contributed by atoms with van der Waals surface area (Å²) in [5, 5.41) is 9.39. The SMILES string of the molecule is CC(C)C(CO)C(N)c1ccc2ncoc2c1. The third-order valence-corrected chi connectivity index (χ3v) is 3.27. The Morgan fingerprint density at radius 2 is 2.18 bits per heavy atom. The molecule has 4 nitrogen and oxygen atoms in total. The molecule has 0 aliphatic rings. The average Bonchev–Trinajstić information content (AvgIpc) is 2.75. The molecule has 0 aliphatic carbocycles. The second-order valence-corrected chi connectivity index (χ2v) is 4.70. The van der Waals surface area contributed by atoms with Crippen molar-refractivity contribution in [2.75, 3.05) is 6.61 Å². The molecule has 1 aromatic carbocycles. The van der Waals surface area contributed by atoms with Gasteiger partial charge >= 0.3 is 0 Å². The molecule has 2 rings (SSSR count). The fourth-order valence-corrected chi connectivity index (χ4v) is 2.07. The average molecular weight is 234 g/mol. The highest BCUT2D eigenvalue weighted by Crippen LogP contribution is 2.27. The van der Waals surface area contributed by atoms with Crippen molar-refractivity contribution in [1.82, 2.24) is 4.98 Å². The van der Waals surface area contributed by atoms with E-state index in [9.17, 15) is 5.11 Å². The molecule has 4 heteroatoms. The summed E-state index contributed by atoms with van der Waals surface area (Å²) in [6, 6.07) is 5.55. The molecular formula is C13H18N2O2. The van der Waals surface area contributed by atoms with Crippen molar-refractivity contribution in [2.24, 2.45) is 17.6 Å². The van der Waals surface area contributed by atoms with Crippen LogP contribution in [0.4, 0.5) is 0 Å². The van der Waals surface area contributed by atoms with Crippen LogP contribution in [0.15, 0.2) is 29.0 Å². The number of oxazole rings is 1. The number of nitrogens with zero attached hydrogens (tertiary/aromatic N) is 1. The smallest absolute Gasteiger partial charge is 0.181 e. The lowest BCUT2D eigenvalue weighted by Gasteiger charge is -2.25. The van der Waals surface area contributed by atoms with Gasteiger partial charge in [-0.2, -0.15) is 0 Å². The van der Waals surface area contributed by atoms with E-state index in [1.165, 1.54) is 6.39 Å². The molecule has 0 saturated carbocycles. The minimum Gasteiger partial charge on any atom is -0.443 e. The van der Waals surface area contributed by atoms with Crippen molar-refractivity contribution in [2.45, 2.75) is 19.9 Å². The normalized spacial score (nSPS) is 15.4. The summed E-state index contributed by atoms with van der Waals surface area (Å²) >= 11 is 0. The Bertz CT molecular complexity index is 493. The minimum atomic E-state index is -0.186. The number of hydrogen-bond acceptors (Lipinski definition) is 4. The monoisotopic (exact) mass is 234 g/mol. The zero-order valence-electron chi connectivity index (χ0n) is 10.1. The van der Waals surface area contributed by atoms with Gasteiger partial charge in [0.1, 0.15) is 5.52 Å². The molecule has 1 aromatic heterocycles. The number of nitrogens with two attached hydrogens (primary N) is 1. The van der Waals surface area contributed by atoms with Gasteiger partial charge in [-0.1, -0.05) is 19.9 Å². The van der Waals surface area contributed by atoms with E-state index in [2.05, 4.69) is 18.8 Å². The van der Waals surface area contributed by atoms with Gasteiger partial charge in [0, 0.05) is 18.6 Å². The number of rotatable bonds is 4. The summed E-state index contributed by atoms with van der Waals surface area (Å²) in [6.45, 7) is 4.22. The van der Waals surface area contributed by atoms with E-state index in [4.69, 9.17) is 10.2 Å². The number of benzene rings is 1. The second kappa shape index (κ2) is 4.85. The molecule has 0 radical (unpaired) electrons. The van der Waals surface area contributed by atoms with Crippen LogP contribution in [-0.2, 0) is 0 Å². The van der Waals surface area contributed by atoms with E-state index in [0.717, 1.165) is 16.7 Å². The summed E-state index contributed by atoms with van der Waals surface area (Å²) < 4.78 is 5.25. The van der Waals surface area contributed by atoms with E-state index in [1.54, 1.807) is 0 Å². The Morgan fingerprint density at radius 3 is 2.82 bits per heavy atom. The van der Waals surface area contributed by atoms with E-state index >= 15 is 0 Å². The highest BCUT2D eigenvalue weighted by Gasteiger charge is 2.22. The summed E-state index contributed by atoms with van der Waals surface area (Å²) in [6.07, 6.45) is 1.42. The summed E-state index contributed by atoms with van der Waals surface area (Å²) in [7, 11) is 0. The molecule has 2 aromatic rings. The molecule has 0 spiro atoms. The van der Waals surface area contributed by atoms with Crippen LogP contribution in [0.25, 0.3) is 11.1 Å². The number of fused-ring (bicyclic) bond motifs is 1. The summed E-state index contributed by atoms with van der Waals surface area (Å²) in [5.74, 6) is 0.385. The van der Waals surface area contributed by atoms with Crippen LogP contribution in [-0.4, -0.2) is 16.7 Å². The van der Waals surface area contributed by atoms with E-state index in [0.29, 0.717) is 5.92 Å². The van der Waals surface area contributed by atoms with Gasteiger partial charge < -0.3 is 15.3 Å². The Kier molecular flexibility index (Phi) is 3.45. The third kappa shape index (κ3) is 2.33. The molecule has 0 fully saturated rings. The number of hydrogen-bond donors (Lipinski definition) is 2. The van der Waals surface area contributed by atoms with Crippen LogP contribution in [0.1, 0.15) is 25.5 Å². The van der Waals surface area contributed by atoms with Crippen LogP contribution in [0.2, 0.25) is 0 Å². The van der Waals surface area contributed by atoms with Crippen molar-refractivity contribution in [3.63, 3.8) is 0 Å². The molecule has 92 valence electrons. The first-order valence-electron chi connectivity index (χ1n) is 5.83. The maximum absolute atomic E-state index is 9.39. The Morgan fingerprint density at radius 1 is 1.41 bits per heavy atom. The maximum atomic E-state index is 9.39. The van der Waals surface area contributed by atoms with Crippen LogP contribution < -0.4 is 5.73 Å². The second-order valence-electron chi connectivity index (χ2n) is 4.70. The molecule has 3 N–H and O–H groups in total. The summed E-state index contributed by atoms with van der Waals surface area (Å²) in [5.41, 5.74) is 8.72. The van der Waals surface area contributed by atoms with Crippen molar-refractivity contribution in [3.05, 3.63) is 30.2 Å². The van der Waals surface area contributed by atoms with Gasteiger partial charge in [0.15, 0.2) is 12.0 Å². The molecular weight excluding hydrogens is 216 g/mol. The topological polar surface area (TPSA) is 72.3 Å². The van der Waals surface area contributed by atoms with Gasteiger partial charge in [-0.05, 0) is 23.6 Å². The largest absolute Gasteiger partial charge is 0.443 e. The fourth-order valence-electron chi connectivity index (χ4n) is 2.07. The van der Waals surface area contributed by atoms with Crippen LogP contribution in [0.3, 0.4) is 0 Å². The van der Waals surface area contributed by atoms with Gasteiger partial charge in [-0.15, -0.1) is 0 Å².